The highest BCUT2D eigenvalue weighted by molar-refractivity contribution is 6.30. The van der Waals surface area contributed by atoms with Gasteiger partial charge < -0.3 is 10.6 Å². The Hall–Kier alpha value is -0.610. The maximum atomic E-state index is 6.78. The summed E-state index contributed by atoms with van der Waals surface area (Å²) in [5.74, 6) is 0.378. The number of nitrogens with zero attached hydrogens (tertiary/aromatic N) is 2. The van der Waals surface area contributed by atoms with E-state index in [9.17, 15) is 0 Å². The lowest BCUT2D eigenvalue weighted by Crippen LogP contribution is -2.55. The molecule has 0 aliphatic carbocycles. The average Bonchev–Trinajstić information content (AvgIpc) is 2.42. The van der Waals surface area contributed by atoms with Gasteiger partial charge in [0.15, 0.2) is 0 Å². The van der Waals surface area contributed by atoms with Gasteiger partial charge in [0.2, 0.25) is 0 Å². The SMILES string of the molecule is CC(C)C(N)(CN1CCN(C)CC1)c1ccc(Cl)cc1. The van der Waals surface area contributed by atoms with E-state index < -0.39 is 0 Å². The van der Waals surface area contributed by atoms with E-state index >= 15 is 0 Å². The van der Waals surface area contributed by atoms with E-state index in [4.69, 9.17) is 17.3 Å². The minimum atomic E-state index is -0.319. The van der Waals surface area contributed by atoms with Gasteiger partial charge in [-0.05, 0) is 30.7 Å². The van der Waals surface area contributed by atoms with E-state index in [2.05, 4.69) is 42.8 Å². The standard InChI is InChI=1S/C16H26ClN3/c1-13(2)16(18,14-4-6-15(17)7-5-14)12-20-10-8-19(3)9-11-20/h4-7,13H,8-12,18H2,1-3H3. The van der Waals surface area contributed by atoms with Gasteiger partial charge in [-0.15, -0.1) is 0 Å². The van der Waals surface area contributed by atoms with Crippen molar-refractivity contribution in [2.75, 3.05) is 39.8 Å². The zero-order valence-corrected chi connectivity index (χ0v) is 13.5. The van der Waals surface area contributed by atoms with Crippen molar-refractivity contribution >= 4 is 11.6 Å². The highest BCUT2D eigenvalue weighted by Crippen LogP contribution is 2.29. The highest BCUT2D eigenvalue weighted by atomic mass is 35.5. The monoisotopic (exact) mass is 295 g/mol. The molecule has 1 unspecified atom stereocenters. The minimum absolute atomic E-state index is 0.319. The molecule has 0 aromatic heterocycles. The first-order valence-electron chi connectivity index (χ1n) is 7.37. The average molecular weight is 296 g/mol. The minimum Gasteiger partial charge on any atom is -0.320 e. The molecule has 0 saturated carbocycles. The molecule has 0 amide bonds. The molecule has 1 aromatic rings. The Balaban J connectivity index is 2.15. The van der Waals surface area contributed by atoms with Crippen molar-refractivity contribution in [1.29, 1.82) is 0 Å². The van der Waals surface area contributed by atoms with E-state index in [0.717, 1.165) is 37.7 Å². The number of nitrogens with two attached hydrogens (primary N) is 1. The molecule has 0 radical (unpaired) electrons. The number of likely N-dealkylation sites (N-methyl/N-ethyl adjacent to an activating group) is 1. The topological polar surface area (TPSA) is 32.5 Å². The summed E-state index contributed by atoms with van der Waals surface area (Å²) in [6, 6.07) is 8.01. The van der Waals surface area contributed by atoms with Gasteiger partial charge >= 0.3 is 0 Å². The van der Waals surface area contributed by atoms with Crippen LogP contribution in [0.15, 0.2) is 24.3 Å². The van der Waals surface area contributed by atoms with E-state index in [1.165, 1.54) is 5.56 Å². The first-order valence-corrected chi connectivity index (χ1v) is 7.75. The highest BCUT2D eigenvalue weighted by Gasteiger charge is 2.34. The summed E-state index contributed by atoms with van der Waals surface area (Å²) >= 11 is 5.99. The number of piperazine rings is 1. The van der Waals surface area contributed by atoms with Crippen LogP contribution in [0, 0.1) is 5.92 Å². The zero-order chi connectivity index (χ0) is 14.8. The molecule has 0 spiro atoms. The third-order valence-corrected chi connectivity index (χ3v) is 4.75. The molecule has 1 aliphatic rings. The Bertz CT molecular complexity index is 424. The molecule has 1 atom stereocenters. The van der Waals surface area contributed by atoms with Crippen LogP contribution in [0.25, 0.3) is 0 Å². The Morgan fingerprint density at radius 2 is 1.70 bits per heavy atom. The summed E-state index contributed by atoms with van der Waals surface area (Å²) in [5.41, 5.74) is 7.64. The summed E-state index contributed by atoms with van der Waals surface area (Å²) in [5, 5.41) is 0.763. The molecule has 4 heteroatoms. The van der Waals surface area contributed by atoms with Crippen molar-refractivity contribution in [2.24, 2.45) is 11.7 Å². The molecule has 3 nitrogen and oxygen atoms in total. The van der Waals surface area contributed by atoms with Crippen molar-refractivity contribution in [3.05, 3.63) is 34.9 Å². The fraction of sp³-hybridized carbons (Fsp3) is 0.625. The van der Waals surface area contributed by atoms with Crippen molar-refractivity contribution in [2.45, 2.75) is 19.4 Å². The van der Waals surface area contributed by atoms with Gasteiger partial charge in [0.1, 0.15) is 0 Å². The van der Waals surface area contributed by atoms with Gasteiger partial charge in [-0.25, -0.2) is 0 Å². The first kappa shape index (κ1) is 15.8. The lowest BCUT2D eigenvalue weighted by Gasteiger charge is -2.41. The Morgan fingerprint density at radius 3 is 2.20 bits per heavy atom. The number of halogens is 1. The summed E-state index contributed by atoms with van der Waals surface area (Å²) in [4.78, 5) is 4.85. The van der Waals surface area contributed by atoms with Crippen LogP contribution in [0.3, 0.4) is 0 Å². The predicted octanol–water partition coefficient (Wildman–Crippen LogP) is 2.40. The third kappa shape index (κ3) is 3.53. The molecule has 1 saturated heterocycles. The normalized spacial score (nSPS) is 21.1. The van der Waals surface area contributed by atoms with Crippen LogP contribution in [0.2, 0.25) is 5.02 Å². The molecule has 1 aromatic carbocycles. The van der Waals surface area contributed by atoms with Crippen LogP contribution in [0.1, 0.15) is 19.4 Å². The van der Waals surface area contributed by atoms with Crippen LogP contribution < -0.4 is 5.73 Å². The molecule has 1 aliphatic heterocycles. The van der Waals surface area contributed by atoms with Gasteiger partial charge in [-0.2, -0.15) is 0 Å². The second-order valence-corrected chi connectivity index (χ2v) is 6.72. The molecule has 112 valence electrons. The second-order valence-electron chi connectivity index (χ2n) is 6.28. The fourth-order valence-corrected chi connectivity index (χ4v) is 2.87. The summed E-state index contributed by atoms with van der Waals surface area (Å²) in [7, 11) is 2.18. The molecule has 20 heavy (non-hydrogen) atoms. The first-order chi connectivity index (χ1) is 9.41. The van der Waals surface area contributed by atoms with Crippen molar-refractivity contribution < 1.29 is 0 Å². The van der Waals surface area contributed by atoms with E-state index in [-0.39, 0.29) is 5.54 Å². The maximum absolute atomic E-state index is 6.78. The molecule has 1 heterocycles. The van der Waals surface area contributed by atoms with Crippen LogP contribution in [-0.4, -0.2) is 49.6 Å². The fourth-order valence-electron chi connectivity index (χ4n) is 2.74. The third-order valence-electron chi connectivity index (χ3n) is 4.49. The van der Waals surface area contributed by atoms with Crippen molar-refractivity contribution in [1.82, 2.24) is 9.80 Å². The number of hydrogen-bond acceptors (Lipinski definition) is 3. The Labute approximate surface area is 127 Å². The van der Waals surface area contributed by atoms with Gasteiger partial charge in [0.05, 0.1) is 5.54 Å². The van der Waals surface area contributed by atoms with Gasteiger partial charge in [-0.1, -0.05) is 37.6 Å². The molecule has 2 rings (SSSR count). The molecular weight excluding hydrogens is 270 g/mol. The maximum Gasteiger partial charge on any atom is 0.0561 e. The number of benzene rings is 1. The molecular formula is C16H26ClN3. The lowest BCUT2D eigenvalue weighted by atomic mass is 9.80. The van der Waals surface area contributed by atoms with Crippen LogP contribution in [0.4, 0.5) is 0 Å². The van der Waals surface area contributed by atoms with E-state index in [1.807, 2.05) is 12.1 Å². The van der Waals surface area contributed by atoms with Gasteiger partial charge in [0.25, 0.3) is 0 Å². The van der Waals surface area contributed by atoms with Crippen molar-refractivity contribution in [3.63, 3.8) is 0 Å². The molecule has 1 fully saturated rings. The summed E-state index contributed by atoms with van der Waals surface area (Å²) in [6.45, 7) is 9.73. The Kier molecular flexibility index (Phi) is 5.08. The Morgan fingerprint density at radius 1 is 1.15 bits per heavy atom. The van der Waals surface area contributed by atoms with Crippen LogP contribution >= 0.6 is 11.6 Å². The zero-order valence-electron chi connectivity index (χ0n) is 12.8. The van der Waals surface area contributed by atoms with Crippen LogP contribution in [0.5, 0.6) is 0 Å². The van der Waals surface area contributed by atoms with Gasteiger partial charge in [0, 0.05) is 37.7 Å². The quantitative estimate of drug-likeness (QED) is 0.926. The van der Waals surface area contributed by atoms with E-state index in [1.54, 1.807) is 0 Å². The molecule has 0 bridgehead atoms. The molecule has 2 N–H and O–H groups in total. The van der Waals surface area contributed by atoms with Gasteiger partial charge in [-0.3, -0.25) is 4.90 Å². The summed E-state index contributed by atoms with van der Waals surface area (Å²) in [6.07, 6.45) is 0. The smallest absolute Gasteiger partial charge is 0.0561 e. The van der Waals surface area contributed by atoms with Crippen molar-refractivity contribution in [3.8, 4) is 0 Å². The number of hydrogen-bond donors (Lipinski definition) is 1. The largest absolute Gasteiger partial charge is 0.320 e. The number of rotatable bonds is 4. The lowest BCUT2D eigenvalue weighted by molar-refractivity contribution is 0.110. The van der Waals surface area contributed by atoms with E-state index in [0.29, 0.717) is 5.92 Å². The van der Waals surface area contributed by atoms with Crippen LogP contribution in [-0.2, 0) is 5.54 Å². The predicted molar refractivity (Wildman–Crippen MR) is 86.1 cm³/mol. The second kappa shape index (κ2) is 6.44. The summed E-state index contributed by atoms with van der Waals surface area (Å²) < 4.78 is 0.